The van der Waals surface area contributed by atoms with E-state index in [2.05, 4.69) is 26.2 Å². The minimum Gasteiger partial charge on any atom is -0.326 e. The number of aryl methyl sites for hydroxylation is 3. The third-order valence-electron chi connectivity index (χ3n) is 3.87. The smallest absolute Gasteiger partial charge is 0.224 e. The number of anilines is 1. The number of aromatic nitrogens is 2. The van der Waals surface area contributed by atoms with Gasteiger partial charge in [0.15, 0.2) is 0 Å². The SMILES string of the molecule is Cc1ccc(NC(=O)CCc2c(C)nc3ccccn23)cc1Br. The largest absolute Gasteiger partial charge is 0.326 e. The molecule has 1 N–H and O–H groups in total. The van der Waals surface area contributed by atoms with Crippen LogP contribution in [0.3, 0.4) is 0 Å². The predicted octanol–water partition coefficient (Wildman–Crippen LogP) is 4.28. The molecule has 1 aromatic carbocycles. The first-order valence-corrected chi connectivity index (χ1v) is 8.32. The van der Waals surface area contributed by atoms with Gasteiger partial charge in [-0.15, -0.1) is 0 Å². The molecule has 23 heavy (non-hydrogen) atoms. The van der Waals surface area contributed by atoms with Gasteiger partial charge in [-0.25, -0.2) is 4.98 Å². The Hall–Kier alpha value is -2.14. The van der Waals surface area contributed by atoms with Crippen LogP contribution < -0.4 is 5.32 Å². The lowest BCUT2D eigenvalue weighted by Crippen LogP contribution is -2.13. The number of hydrogen-bond acceptors (Lipinski definition) is 2. The predicted molar refractivity (Wildman–Crippen MR) is 95.8 cm³/mol. The first-order chi connectivity index (χ1) is 11.0. The Morgan fingerprint density at radius 3 is 2.87 bits per heavy atom. The Kier molecular flexibility index (Phi) is 4.48. The van der Waals surface area contributed by atoms with E-state index in [1.165, 1.54) is 0 Å². The van der Waals surface area contributed by atoms with Crippen LogP contribution in [0.1, 0.15) is 23.4 Å². The van der Waals surface area contributed by atoms with Crippen LogP contribution in [0.25, 0.3) is 5.65 Å². The highest BCUT2D eigenvalue weighted by Gasteiger charge is 2.11. The van der Waals surface area contributed by atoms with Crippen molar-refractivity contribution in [2.75, 3.05) is 5.32 Å². The summed E-state index contributed by atoms with van der Waals surface area (Å²) >= 11 is 3.48. The number of rotatable bonds is 4. The molecule has 0 atom stereocenters. The van der Waals surface area contributed by atoms with Crippen LogP contribution in [-0.4, -0.2) is 15.3 Å². The quantitative estimate of drug-likeness (QED) is 0.743. The molecular weight excluding hydrogens is 354 g/mol. The summed E-state index contributed by atoms with van der Waals surface area (Å²) in [5.74, 6) is 0.00559. The molecule has 0 saturated heterocycles. The molecule has 0 aliphatic rings. The van der Waals surface area contributed by atoms with Crippen LogP contribution >= 0.6 is 15.9 Å². The maximum absolute atomic E-state index is 12.2. The molecule has 0 aliphatic carbocycles. The second kappa shape index (κ2) is 6.54. The number of halogens is 1. The lowest BCUT2D eigenvalue weighted by Gasteiger charge is -2.07. The fourth-order valence-corrected chi connectivity index (χ4v) is 2.97. The van der Waals surface area contributed by atoms with Gasteiger partial charge in [-0.1, -0.05) is 28.1 Å². The van der Waals surface area contributed by atoms with Crippen molar-refractivity contribution in [1.82, 2.24) is 9.38 Å². The number of nitrogens with one attached hydrogen (secondary N) is 1. The van der Waals surface area contributed by atoms with E-state index in [1.54, 1.807) is 0 Å². The number of hydrogen-bond donors (Lipinski definition) is 1. The lowest BCUT2D eigenvalue weighted by molar-refractivity contribution is -0.116. The Bertz CT molecular complexity index is 870. The molecule has 3 rings (SSSR count). The minimum absolute atomic E-state index is 0.00559. The molecule has 0 radical (unpaired) electrons. The average molecular weight is 372 g/mol. The van der Waals surface area contributed by atoms with Gasteiger partial charge in [0.2, 0.25) is 5.91 Å². The van der Waals surface area contributed by atoms with Crippen LogP contribution in [-0.2, 0) is 11.2 Å². The van der Waals surface area contributed by atoms with Crippen LogP contribution in [0.4, 0.5) is 5.69 Å². The molecule has 118 valence electrons. The highest BCUT2D eigenvalue weighted by Crippen LogP contribution is 2.21. The lowest BCUT2D eigenvalue weighted by atomic mass is 10.2. The van der Waals surface area contributed by atoms with Gasteiger partial charge < -0.3 is 9.72 Å². The highest BCUT2D eigenvalue weighted by atomic mass is 79.9. The van der Waals surface area contributed by atoms with Crippen molar-refractivity contribution in [1.29, 1.82) is 0 Å². The molecule has 4 nitrogen and oxygen atoms in total. The van der Waals surface area contributed by atoms with Crippen molar-refractivity contribution in [3.05, 3.63) is 64.0 Å². The van der Waals surface area contributed by atoms with Gasteiger partial charge >= 0.3 is 0 Å². The number of imidazole rings is 1. The molecule has 1 amide bonds. The van der Waals surface area contributed by atoms with Crippen molar-refractivity contribution in [3.8, 4) is 0 Å². The zero-order chi connectivity index (χ0) is 16.4. The number of carbonyl (C=O) groups is 1. The Labute approximate surface area is 143 Å². The normalized spacial score (nSPS) is 10.9. The van der Waals surface area contributed by atoms with Crippen LogP contribution in [0, 0.1) is 13.8 Å². The second-order valence-corrected chi connectivity index (χ2v) is 6.44. The van der Waals surface area contributed by atoms with Crippen LogP contribution in [0.15, 0.2) is 47.1 Å². The van der Waals surface area contributed by atoms with Crippen LogP contribution in [0.2, 0.25) is 0 Å². The third-order valence-corrected chi connectivity index (χ3v) is 4.73. The molecule has 2 heterocycles. The summed E-state index contributed by atoms with van der Waals surface area (Å²) in [5.41, 5.74) is 4.93. The van der Waals surface area contributed by atoms with E-state index in [4.69, 9.17) is 0 Å². The van der Waals surface area contributed by atoms with Crippen molar-refractivity contribution in [2.24, 2.45) is 0 Å². The van der Waals surface area contributed by atoms with E-state index in [0.29, 0.717) is 12.8 Å². The molecular formula is C18H18BrN3O. The molecule has 5 heteroatoms. The molecule has 3 aromatic rings. The number of pyridine rings is 1. The summed E-state index contributed by atoms with van der Waals surface area (Å²) in [6.45, 7) is 4.00. The zero-order valence-corrected chi connectivity index (χ0v) is 14.7. The summed E-state index contributed by atoms with van der Waals surface area (Å²) < 4.78 is 3.04. The fourth-order valence-electron chi connectivity index (χ4n) is 2.59. The fraction of sp³-hybridized carbons (Fsp3) is 0.222. The number of nitrogens with zero attached hydrogens (tertiary/aromatic N) is 2. The zero-order valence-electron chi connectivity index (χ0n) is 13.1. The molecule has 0 aliphatic heterocycles. The van der Waals surface area contributed by atoms with E-state index < -0.39 is 0 Å². The summed E-state index contributed by atoms with van der Waals surface area (Å²) in [5, 5.41) is 2.94. The summed E-state index contributed by atoms with van der Waals surface area (Å²) in [6.07, 6.45) is 3.07. The van der Waals surface area contributed by atoms with Crippen molar-refractivity contribution < 1.29 is 4.79 Å². The molecule has 0 spiro atoms. The number of benzene rings is 1. The van der Waals surface area contributed by atoms with E-state index >= 15 is 0 Å². The summed E-state index contributed by atoms with van der Waals surface area (Å²) in [7, 11) is 0. The number of fused-ring (bicyclic) bond motifs is 1. The highest BCUT2D eigenvalue weighted by molar-refractivity contribution is 9.10. The van der Waals surface area contributed by atoms with Gasteiger partial charge in [0.05, 0.1) is 5.69 Å². The summed E-state index contributed by atoms with van der Waals surface area (Å²) in [4.78, 5) is 16.7. The first kappa shape index (κ1) is 15.7. The summed E-state index contributed by atoms with van der Waals surface area (Å²) in [6, 6.07) is 11.7. The first-order valence-electron chi connectivity index (χ1n) is 7.53. The van der Waals surface area contributed by atoms with Crippen molar-refractivity contribution in [3.63, 3.8) is 0 Å². The maximum atomic E-state index is 12.2. The topological polar surface area (TPSA) is 46.4 Å². The standard InChI is InChI=1S/C18H18BrN3O/c1-12-6-7-14(11-15(12)19)21-18(23)9-8-16-13(2)20-17-5-3-4-10-22(16)17/h3-7,10-11H,8-9H2,1-2H3,(H,21,23). The van der Waals surface area contributed by atoms with Gasteiger partial charge in [0, 0.05) is 28.5 Å². The maximum Gasteiger partial charge on any atom is 0.224 e. The number of carbonyl (C=O) groups excluding carboxylic acids is 1. The Morgan fingerprint density at radius 1 is 1.26 bits per heavy atom. The molecule has 0 bridgehead atoms. The second-order valence-electron chi connectivity index (χ2n) is 5.58. The van der Waals surface area contributed by atoms with Crippen molar-refractivity contribution >= 4 is 33.2 Å². The van der Waals surface area contributed by atoms with Crippen molar-refractivity contribution in [2.45, 2.75) is 26.7 Å². The molecule has 0 fully saturated rings. The van der Waals surface area contributed by atoms with Gasteiger partial charge in [-0.3, -0.25) is 4.79 Å². The van der Waals surface area contributed by atoms with E-state index in [0.717, 1.165) is 32.8 Å². The van der Waals surface area contributed by atoms with E-state index in [9.17, 15) is 4.79 Å². The Balaban J connectivity index is 1.68. The molecule has 0 saturated carbocycles. The third kappa shape index (κ3) is 3.45. The van der Waals surface area contributed by atoms with Crippen LogP contribution in [0.5, 0.6) is 0 Å². The van der Waals surface area contributed by atoms with Gasteiger partial charge in [0.25, 0.3) is 0 Å². The van der Waals surface area contributed by atoms with E-state index in [1.807, 2.05) is 60.8 Å². The molecule has 2 aromatic heterocycles. The monoisotopic (exact) mass is 371 g/mol. The molecule has 0 unspecified atom stereocenters. The van der Waals surface area contributed by atoms with Gasteiger partial charge in [-0.2, -0.15) is 0 Å². The van der Waals surface area contributed by atoms with Gasteiger partial charge in [0.1, 0.15) is 5.65 Å². The average Bonchev–Trinajstić information content (AvgIpc) is 2.84. The number of amides is 1. The van der Waals surface area contributed by atoms with E-state index in [-0.39, 0.29) is 5.91 Å². The Morgan fingerprint density at radius 2 is 2.09 bits per heavy atom. The minimum atomic E-state index is 0.00559. The van der Waals surface area contributed by atoms with Gasteiger partial charge in [-0.05, 0) is 50.1 Å².